The summed E-state index contributed by atoms with van der Waals surface area (Å²) < 4.78 is 21.7. The third-order valence-electron chi connectivity index (χ3n) is 4.33. The monoisotopic (exact) mass is 385 g/mol. The van der Waals surface area contributed by atoms with Crippen LogP contribution in [0.4, 0.5) is 5.69 Å². The summed E-state index contributed by atoms with van der Waals surface area (Å²) in [4.78, 5) is 24.4. The van der Waals surface area contributed by atoms with Gasteiger partial charge in [0, 0.05) is 23.9 Å². The molecule has 0 fully saturated rings. The third kappa shape index (κ3) is 3.53. The SMILES string of the molecule is CC1(C)CC(=O)c2c(O)cc(OCC(=O)Nc3ccc4c(c3)OCO4)cc2O1. The number of ether oxygens (including phenoxy) is 4. The summed E-state index contributed by atoms with van der Waals surface area (Å²) in [6.07, 6.45) is 0.172. The molecular formula is C20H19NO7. The fourth-order valence-electron chi connectivity index (χ4n) is 3.15. The van der Waals surface area contributed by atoms with Gasteiger partial charge in [0.1, 0.15) is 28.4 Å². The number of nitrogens with one attached hydrogen (secondary N) is 1. The number of phenolic OH excluding ortho intramolecular Hbond substituents is 1. The number of amides is 1. The average molecular weight is 385 g/mol. The Morgan fingerprint density at radius 2 is 1.96 bits per heavy atom. The lowest BCUT2D eigenvalue weighted by Gasteiger charge is -2.32. The lowest BCUT2D eigenvalue weighted by atomic mass is 9.92. The normalized spacial score (nSPS) is 16.1. The van der Waals surface area contributed by atoms with E-state index in [-0.39, 0.29) is 48.4 Å². The van der Waals surface area contributed by atoms with Crippen molar-refractivity contribution in [2.45, 2.75) is 25.9 Å². The number of fused-ring (bicyclic) bond motifs is 2. The second-order valence-corrected chi connectivity index (χ2v) is 7.18. The minimum atomic E-state index is -0.675. The molecule has 0 aromatic heterocycles. The molecule has 0 unspecified atom stereocenters. The van der Waals surface area contributed by atoms with Crippen molar-refractivity contribution in [1.29, 1.82) is 0 Å². The quantitative estimate of drug-likeness (QED) is 0.834. The van der Waals surface area contributed by atoms with Gasteiger partial charge in [-0.25, -0.2) is 0 Å². The number of ketones is 1. The zero-order chi connectivity index (χ0) is 19.9. The fraction of sp³-hybridized carbons (Fsp3) is 0.300. The highest BCUT2D eigenvalue weighted by Gasteiger charge is 2.35. The third-order valence-corrected chi connectivity index (χ3v) is 4.33. The standard InChI is InChI=1S/C20H19NO7/c1-20(2)8-14(23)19-13(22)6-12(7-17(19)28-20)25-9-18(24)21-11-3-4-15-16(5-11)27-10-26-15/h3-7,22H,8-10H2,1-2H3,(H,21,24). The van der Waals surface area contributed by atoms with Crippen molar-refractivity contribution in [3.05, 3.63) is 35.9 Å². The predicted octanol–water partition coefficient (Wildman–Crippen LogP) is 2.88. The maximum Gasteiger partial charge on any atom is 0.262 e. The molecule has 0 radical (unpaired) electrons. The summed E-state index contributed by atoms with van der Waals surface area (Å²) in [6, 6.07) is 7.86. The number of hydrogen-bond acceptors (Lipinski definition) is 7. The van der Waals surface area contributed by atoms with Gasteiger partial charge < -0.3 is 29.4 Å². The number of hydrogen-bond donors (Lipinski definition) is 2. The summed E-state index contributed by atoms with van der Waals surface area (Å²) in [5.74, 6) is 0.822. The van der Waals surface area contributed by atoms with Crippen molar-refractivity contribution in [3.63, 3.8) is 0 Å². The number of Topliss-reactive ketones (excluding diaryl/α,β-unsaturated/α-hetero) is 1. The highest BCUT2D eigenvalue weighted by atomic mass is 16.7. The first kappa shape index (κ1) is 18.0. The Hall–Kier alpha value is -3.42. The van der Waals surface area contributed by atoms with Crippen molar-refractivity contribution >= 4 is 17.4 Å². The minimum Gasteiger partial charge on any atom is -0.507 e. The summed E-state index contributed by atoms with van der Waals surface area (Å²) in [5, 5.41) is 12.9. The molecule has 8 heteroatoms. The number of benzene rings is 2. The largest absolute Gasteiger partial charge is 0.507 e. The molecule has 2 heterocycles. The number of carbonyl (C=O) groups is 2. The van der Waals surface area contributed by atoms with Crippen molar-refractivity contribution in [1.82, 2.24) is 0 Å². The van der Waals surface area contributed by atoms with E-state index in [1.807, 2.05) is 0 Å². The topological polar surface area (TPSA) is 103 Å². The molecule has 0 saturated heterocycles. The van der Waals surface area contributed by atoms with Gasteiger partial charge in [-0.1, -0.05) is 0 Å². The molecule has 2 aromatic carbocycles. The first-order valence-electron chi connectivity index (χ1n) is 8.72. The second kappa shape index (κ2) is 6.63. The van der Waals surface area contributed by atoms with Gasteiger partial charge >= 0.3 is 0 Å². The van der Waals surface area contributed by atoms with Crippen molar-refractivity contribution in [2.24, 2.45) is 0 Å². The molecule has 4 rings (SSSR count). The molecular weight excluding hydrogens is 366 g/mol. The van der Waals surface area contributed by atoms with Gasteiger partial charge in [-0.3, -0.25) is 9.59 Å². The van der Waals surface area contributed by atoms with Crippen LogP contribution >= 0.6 is 0 Å². The second-order valence-electron chi connectivity index (χ2n) is 7.18. The van der Waals surface area contributed by atoms with E-state index in [0.29, 0.717) is 17.2 Å². The fourth-order valence-corrected chi connectivity index (χ4v) is 3.15. The van der Waals surface area contributed by atoms with Gasteiger partial charge in [-0.2, -0.15) is 0 Å². The molecule has 0 bridgehead atoms. The predicted molar refractivity (Wildman–Crippen MR) is 98.5 cm³/mol. The van der Waals surface area contributed by atoms with Crippen molar-refractivity contribution < 1.29 is 33.6 Å². The molecule has 1 amide bonds. The summed E-state index contributed by atoms with van der Waals surface area (Å²) in [5.41, 5.74) is 0.00426. The molecule has 146 valence electrons. The van der Waals surface area contributed by atoms with Gasteiger partial charge in [0.15, 0.2) is 23.9 Å². The van der Waals surface area contributed by atoms with Crippen LogP contribution in [-0.4, -0.2) is 35.8 Å². The van der Waals surface area contributed by atoms with E-state index < -0.39 is 11.5 Å². The lowest BCUT2D eigenvalue weighted by molar-refractivity contribution is -0.118. The summed E-state index contributed by atoms with van der Waals surface area (Å²) in [6.45, 7) is 3.44. The zero-order valence-electron chi connectivity index (χ0n) is 15.4. The average Bonchev–Trinajstić information content (AvgIpc) is 3.05. The number of aromatic hydroxyl groups is 1. The highest BCUT2D eigenvalue weighted by molar-refractivity contribution is 6.03. The van der Waals surface area contributed by atoms with Gasteiger partial charge in [-0.05, 0) is 26.0 Å². The molecule has 2 N–H and O–H groups in total. The molecule has 0 atom stereocenters. The molecule has 2 aliphatic heterocycles. The van der Waals surface area contributed by atoms with Crippen LogP contribution < -0.4 is 24.3 Å². The van der Waals surface area contributed by atoms with Crippen LogP contribution in [-0.2, 0) is 4.79 Å². The number of phenols is 1. The van der Waals surface area contributed by atoms with Crippen LogP contribution in [0.15, 0.2) is 30.3 Å². The molecule has 0 saturated carbocycles. The Morgan fingerprint density at radius 1 is 1.18 bits per heavy atom. The van der Waals surface area contributed by atoms with E-state index in [4.69, 9.17) is 18.9 Å². The van der Waals surface area contributed by atoms with E-state index in [2.05, 4.69) is 5.32 Å². The van der Waals surface area contributed by atoms with E-state index in [1.54, 1.807) is 32.0 Å². The van der Waals surface area contributed by atoms with E-state index >= 15 is 0 Å². The van der Waals surface area contributed by atoms with Crippen molar-refractivity contribution in [2.75, 3.05) is 18.7 Å². The molecule has 8 nitrogen and oxygen atoms in total. The molecule has 0 aliphatic carbocycles. The van der Waals surface area contributed by atoms with Crippen LogP contribution in [0.5, 0.6) is 28.7 Å². The lowest BCUT2D eigenvalue weighted by Crippen LogP contribution is -2.35. The van der Waals surface area contributed by atoms with Crippen LogP contribution in [0, 0.1) is 0 Å². The Morgan fingerprint density at radius 3 is 2.79 bits per heavy atom. The minimum absolute atomic E-state index is 0.136. The van der Waals surface area contributed by atoms with E-state index in [9.17, 15) is 14.7 Å². The first-order valence-corrected chi connectivity index (χ1v) is 8.72. The number of carbonyl (C=O) groups excluding carboxylic acids is 2. The summed E-state index contributed by atoms with van der Waals surface area (Å²) >= 11 is 0. The maximum absolute atomic E-state index is 12.2. The van der Waals surface area contributed by atoms with Gasteiger partial charge in [0.2, 0.25) is 6.79 Å². The van der Waals surface area contributed by atoms with Gasteiger partial charge in [0.25, 0.3) is 5.91 Å². The Bertz CT molecular complexity index is 967. The summed E-state index contributed by atoms with van der Waals surface area (Å²) in [7, 11) is 0. The Labute approximate surface area is 161 Å². The first-order chi connectivity index (χ1) is 13.3. The van der Waals surface area contributed by atoms with Gasteiger partial charge in [-0.15, -0.1) is 0 Å². The van der Waals surface area contributed by atoms with Crippen LogP contribution in [0.25, 0.3) is 0 Å². The maximum atomic E-state index is 12.2. The Balaban J connectivity index is 1.43. The number of rotatable bonds is 4. The molecule has 2 aliphatic rings. The molecule has 2 aromatic rings. The molecule has 0 spiro atoms. The van der Waals surface area contributed by atoms with Crippen LogP contribution in [0.3, 0.4) is 0 Å². The highest BCUT2D eigenvalue weighted by Crippen LogP contribution is 2.41. The van der Waals surface area contributed by atoms with Crippen LogP contribution in [0.2, 0.25) is 0 Å². The van der Waals surface area contributed by atoms with Crippen molar-refractivity contribution in [3.8, 4) is 28.7 Å². The van der Waals surface area contributed by atoms with Crippen LogP contribution in [0.1, 0.15) is 30.6 Å². The van der Waals surface area contributed by atoms with E-state index in [1.165, 1.54) is 12.1 Å². The number of anilines is 1. The smallest absolute Gasteiger partial charge is 0.262 e. The zero-order valence-corrected chi connectivity index (χ0v) is 15.4. The Kier molecular flexibility index (Phi) is 4.26. The van der Waals surface area contributed by atoms with E-state index in [0.717, 1.165) is 0 Å². The van der Waals surface area contributed by atoms with Gasteiger partial charge in [0.05, 0.1) is 6.42 Å². The molecule has 28 heavy (non-hydrogen) atoms.